The first-order chi connectivity index (χ1) is 15.6. The molecule has 3 rings (SSSR count). The number of aromatic nitrogens is 2. The lowest BCUT2D eigenvalue weighted by Gasteiger charge is -2.22. The van der Waals surface area contributed by atoms with E-state index in [0.717, 1.165) is 0 Å². The van der Waals surface area contributed by atoms with Crippen LogP contribution in [0.4, 0.5) is 5.82 Å². The highest BCUT2D eigenvalue weighted by Crippen LogP contribution is 2.29. The number of ether oxygens (including phenoxy) is 1. The molecule has 2 atom stereocenters. The summed E-state index contributed by atoms with van der Waals surface area (Å²) in [6.07, 6.45) is -0.185. The second-order valence-corrected chi connectivity index (χ2v) is 8.43. The minimum atomic E-state index is -1.17. The van der Waals surface area contributed by atoms with E-state index in [2.05, 4.69) is 20.8 Å². The fourth-order valence-corrected chi connectivity index (χ4v) is 3.17. The van der Waals surface area contributed by atoms with E-state index in [4.69, 9.17) is 15.3 Å². The third kappa shape index (κ3) is 6.15. The predicted octanol–water partition coefficient (Wildman–Crippen LogP) is 0.933. The first-order valence-electron chi connectivity index (χ1n) is 10.3. The molecular weight excluding hydrogens is 428 g/mol. The number of nitrogens with one attached hydrogen (secondary N) is 2. The Hall–Kier alpha value is -3.75. The highest BCUT2D eigenvalue weighted by atomic mass is 16.7. The van der Waals surface area contributed by atoms with Gasteiger partial charge in [-0.05, 0) is 32.9 Å². The number of nitrogens with two attached hydrogens (primary N) is 1. The van der Waals surface area contributed by atoms with Crippen LogP contribution >= 0.6 is 0 Å². The number of hydroxylamine groups is 1. The average Bonchev–Trinajstić information content (AvgIpc) is 3.19. The number of anilines is 1. The van der Waals surface area contributed by atoms with Gasteiger partial charge in [0.05, 0.1) is 17.2 Å². The summed E-state index contributed by atoms with van der Waals surface area (Å²) in [5, 5.41) is 21.7. The molecule has 0 radical (unpaired) electrons. The minimum Gasteiger partial charge on any atom is -0.474 e. The molecule has 1 aromatic heterocycles. The number of carbonyl (C=O) groups excluding carboxylic acids is 2. The molecule has 174 valence electrons. The Kier molecular flexibility index (Phi) is 7.10. The number of hydrogen-bond acceptors (Lipinski definition) is 9. The van der Waals surface area contributed by atoms with Gasteiger partial charge in [-0.1, -0.05) is 12.1 Å². The third-order valence-electron chi connectivity index (χ3n) is 4.94. The van der Waals surface area contributed by atoms with E-state index in [9.17, 15) is 20.0 Å². The van der Waals surface area contributed by atoms with E-state index < -0.39 is 17.6 Å². The van der Waals surface area contributed by atoms with E-state index in [1.165, 1.54) is 13.8 Å². The average molecular weight is 454 g/mol. The second kappa shape index (κ2) is 9.81. The Balaban J connectivity index is 1.95. The SMILES string of the molecule is C[C@@H](Oc1nc(-c2cccc(C#N)c2)nc(N)c1C(=O)NOCC(C)(C)O)[C@@H]1CNC(=O)C1. The fraction of sp³-hybridized carbons (Fsp3) is 0.409. The summed E-state index contributed by atoms with van der Waals surface area (Å²) in [5.41, 5.74) is 7.94. The van der Waals surface area contributed by atoms with Crippen molar-refractivity contribution in [1.29, 1.82) is 5.26 Å². The van der Waals surface area contributed by atoms with Gasteiger partial charge in [-0.25, -0.2) is 10.5 Å². The molecule has 1 aliphatic heterocycles. The summed E-state index contributed by atoms with van der Waals surface area (Å²) in [7, 11) is 0. The number of nitrogens with zero attached hydrogens (tertiary/aromatic N) is 3. The van der Waals surface area contributed by atoms with Crippen molar-refractivity contribution in [3.05, 3.63) is 35.4 Å². The Labute approximate surface area is 190 Å². The summed E-state index contributed by atoms with van der Waals surface area (Å²) >= 11 is 0. The predicted molar refractivity (Wildman–Crippen MR) is 118 cm³/mol. The molecule has 0 bridgehead atoms. The monoisotopic (exact) mass is 454 g/mol. The first kappa shape index (κ1) is 23.9. The van der Waals surface area contributed by atoms with Gasteiger partial charge >= 0.3 is 0 Å². The molecule has 0 aliphatic carbocycles. The van der Waals surface area contributed by atoms with Crippen LogP contribution in [0.2, 0.25) is 0 Å². The largest absolute Gasteiger partial charge is 0.474 e. The molecular formula is C22H26N6O5. The van der Waals surface area contributed by atoms with Crippen molar-refractivity contribution in [1.82, 2.24) is 20.8 Å². The van der Waals surface area contributed by atoms with Crippen LogP contribution in [0.3, 0.4) is 0 Å². The number of rotatable bonds is 8. The molecule has 0 unspecified atom stereocenters. The Morgan fingerprint density at radius 1 is 1.45 bits per heavy atom. The van der Waals surface area contributed by atoms with Gasteiger partial charge in [0.2, 0.25) is 11.8 Å². The standard InChI is InChI=1S/C22H26N6O5/c1-12(15-8-16(29)25-10-15)33-21-17(20(30)28-32-11-22(2,3)31)18(24)26-19(27-21)14-6-4-5-13(7-14)9-23/h4-7,12,15,31H,8,10-11H2,1-3H3,(H,25,29)(H,28,30)(H2,24,26,27)/t12-,15+/m1/s1. The maximum Gasteiger partial charge on any atom is 0.284 e. The third-order valence-corrected chi connectivity index (χ3v) is 4.94. The molecule has 0 spiro atoms. The molecule has 2 heterocycles. The number of carbonyl (C=O) groups is 2. The summed E-state index contributed by atoms with van der Waals surface area (Å²) in [6, 6.07) is 8.66. The Morgan fingerprint density at radius 3 is 2.85 bits per heavy atom. The van der Waals surface area contributed by atoms with Crippen LogP contribution in [0.25, 0.3) is 11.4 Å². The van der Waals surface area contributed by atoms with Gasteiger partial charge in [0.1, 0.15) is 24.1 Å². The van der Waals surface area contributed by atoms with Crippen LogP contribution < -0.4 is 21.3 Å². The minimum absolute atomic E-state index is 0.0790. The van der Waals surface area contributed by atoms with E-state index in [-0.39, 0.29) is 47.9 Å². The van der Waals surface area contributed by atoms with Crippen LogP contribution in [0.5, 0.6) is 5.88 Å². The summed E-state index contributed by atoms with van der Waals surface area (Å²) < 4.78 is 5.99. The van der Waals surface area contributed by atoms with Gasteiger partial charge in [0.25, 0.3) is 5.91 Å². The van der Waals surface area contributed by atoms with E-state index in [1.807, 2.05) is 6.07 Å². The quantitative estimate of drug-likeness (QED) is 0.423. The van der Waals surface area contributed by atoms with Gasteiger partial charge in [0.15, 0.2) is 5.82 Å². The number of aliphatic hydroxyl groups is 1. The van der Waals surface area contributed by atoms with Crippen LogP contribution in [-0.2, 0) is 9.63 Å². The smallest absolute Gasteiger partial charge is 0.284 e. The van der Waals surface area contributed by atoms with Crippen molar-refractivity contribution >= 4 is 17.6 Å². The van der Waals surface area contributed by atoms with E-state index in [1.54, 1.807) is 31.2 Å². The molecule has 1 aromatic carbocycles. The summed E-state index contributed by atoms with van der Waals surface area (Å²) in [5.74, 6) is -1.03. The second-order valence-electron chi connectivity index (χ2n) is 8.43. The van der Waals surface area contributed by atoms with Gasteiger partial charge in [0, 0.05) is 24.4 Å². The van der Waals surface area contributed by atoms with Gasteiger partial charge < -0.3 is 20.9 Å². The van der Waals surface area contributed by atoms with Crippen molar-refractivity contribution in [3.63, 3.8) is 0 Å². The number of nitriles is 1. The number of nitrogen functional groups attached to an aromatic ring is 1. The molecule has 11 nitrogen and oxygen atoms in total. The lowest BCUT2D eigenvalue weighted by atomic mass is 10.0. The van der Waals surface area contributed by atoms with Crippen molar-refractivity contribution in [3.8, 4) is 23.3 Å². The van der Waals surface area contributed by atoms with E-state index in [0.29, 0.717) is 17.7 Å². The van der Waals surface area contributed by atoms with Crippen LogP contribution in [-0.4, -0.2) is 51.7 Å². The normalized spacial score (nSPS) is 16.6. The highest BCUT2D eigenvalue weighted by Gasteiger charge is 2.31. The number of amides is 2. The molecule has 0 saturated carbocycles. The first-order valence-corrected chi connectivity index (χ1v) is 10.3. The molecule has 2 amide bonds. The summed E-state index contributed by atoms with van der Waals surface area (Å²) in [4.78, 5) is 38.1. The lowest BCUT2D eigenvalue weighted by molar-refractivity contribution is -0.119. The van der Waals surface area contributed by atoms with Crippen LogP contribution in [0.15, 0.2) is 24.3 Å². The summed E-state index contributed by atoms with van der Waals surface area (Å²) in [6.45, 7) is 5.09. The van der Waals surface area contributed by atoms with Crippen molar-refractivity contribution < 1.29 is 24.3 Å². The number of hydrogen-bond donors (Lipinski definition) is 4. The van der Waals surface area contributed by atoms with Crippen molar-refractivity contribution in [2.75, 3.05) is 18.9 Å². The molecule has 2 aromatic rings. The Morgan fingerprint density at radius 2 is 2.21 bits per heavy atom. The molecule has 1 saturated heterocycles. The Bertz CT molecular complexity index is 1090. The molecule has 1 fully saturated rings. The molecule has 1 aliphatic rings. The van der Waals surface area contributed by atoms with E-state index >= 15 is 0 Å². The van der Waals surface area contributed by atoms with Gasteiger partial charge in [-0.3, -0.25) is 14.4 Å². The van der Waals surface area contributed by atoms with Gasteiger partial charge in [-0.15, -0.1) is 0 Å². The maximum atomic E-state index is 12.8. The zero-order valence-corrected chi connectivity index (χ0v) is 18.6. The van der Waals surface area contributed by atoms with Gasteiger partial charge in [-0.2, -0.15) is 10.2 Å². The van der Waals surface area contributed by atoms with Crippen molar-refractivity contribution in [2.45, 2.75) is 38.9 Å². The number of benzene rings is 1. The van der Waals surface area contributed by atoms with Crippen molar-refractivity contribution in [2.24, 2.45) is 5.92 Å². The topological polar surface area (TPSA) is 172 Å². The highest BCUT2D eigenvalue weighted by molar-refractivity contribution is 6.00. The zero-order chi connectivity index (χ0) is 24.2. The fourth-order valence-electron chi connectivity index (χ4n) is 3.17. The van der Waals surface area contributed by atoms with Crippen LogP contribution in [0.1, 0.15) is 43.1 Å². The molecule has 5 N–H and O–H groups in total. The van der Waals surface area contributed by atoms with Crippen LogP contribution in [0, 0.1) is 17.2 Å². The lowest BCUT2D eigenvalue weighted by Crippen LogP contribution is -2.34. The zero-order valence-electron chi connectivity index (χ0n) is 18.6. The maximum absolute atomic E-state index is 12.8. The molecule has 33 heavy (non-hydrogen) atoms. The molecule has 11 heteroatoms.